The van der Waals surface area contributed by atoms with Gasteiger partial charge in [-0.05, 0) is 55.0 Å². The van der Waals surface area contributed by atoms with Crippen molar-refractivity contribution in [2.75, 3.05) is 16.7 Å². The highest BCUT2D eigenvalue weighted by Crippen LogP contribution is 2.39. The molecule has 3 aromatic rings. The number of aryl methyl sites for hydroxylation is 1. The summed E-state index contributed by atoms with van der Waals surface area (Å²) in [4.78, 5) is 14.4. The molecule has 0 spiro atoms. The second-order valence-corrected chi connectivity index (χ2v) is 8.75. The van der Waals surface area contributed by atoms with Crippen LogP contribution >= 0.6 is 11.6 Å². The minimum absolute atomic E-state index is 0.0372. The predicted octanol–water partition coefficient (Wildman–Crippen LogP) is 4.83. The van der Waals surface area contributed by atoms with Crippen LogP contribution in [0.2, 0.25) is 5.02 Å². The number of amides is 1. The van der Waals surface area contributed by atoms with Crippen molar-refractivity contribution >= 4 is 38.9 Å². The van der Waals surface area contributed by atoms with Crippen molar-refractivity contribution in [2.45, 2.75) is 11.8 Å². The van der Waals surface area contributed by atoms with Crippen LogP contribution in [0.5, 0.6) is 11.5 Å². The van der Waals surface area contributed by atoms with E-state index in [1.807, 2.05) is 12.1 Å². The molecule has 1 aliphatic heterocycles. The monoisotopic (exact) mass is 428 g/mol. The molecule has 0 fully saturated rings. The van der Waals surface area contributed by atoms with Gasteiger partial charge in [-0.25, -0.2) is 8.42 Å². The van der Waals surface area contributed by atoms with Crippen molar-refractivity contribution in [1.82, 2.24) is 0 Å². The lowest BCUT2D eigenvalue weighted by molar-refractivity contribution is 0.0993. The number of carbonyl (C=O) groups excluding carboxylic acids is 1. The number of fused-ring (bicyclic) bond motifs is 2. The highest BCUT2D eigenvalue weighted by atomic mass is 35.5. The molecule has 0 saturated carbocycles. The largest absolute Gasteiger partial charge is 0.454 e. The van der Waals surface area contributed by atoms with Crippen LogP contribution in [0, 0.1) is 6.92 Å². The number of halogens is 1. The molecule has 0 radical (unpaired) electrons. The quantitative estimate of drug-likeness (QED) is 0.648. The van der Waals surface area contributed by atoms with E-state index in [1.165, 1.54) is 23.1 Å². The zero-order valence-electron chi connectivity index (χ0n) is 15.6. The molecule has 148 valence electrons. The SMILES string of the molecule is Cc1ccc(S(=O)(=O)Nc2ccc3c(c2)C(=O)N(C)c2ccccc2O3)cc1Cl. The van der Waals surface area contributed by atoms with Crippen LogP contribution in [0.4, 0.5) is 11.4 Å². The Morgan fingerprint density at radius 1 is 1.00 bits per heavy atom. The summed E-state index contributed by atoms with van der Waals surface area (Å²) in [7, 11) is -2.23. The van der Waals surface area contributed by atoms with E-state index in [2.05, 4.69) is 4.72 Å². The molecule has 0 atom stereocenters. The van der Waals surface area contributed by atoms with Crippen molar-refractivity contribution in [1.29, 1.82) is 0 Å². The zero-order valence-corrected chi connectivity index (χ0v) is 17.2. The molecule has 0 aliphatic carbocycles. The number of ether oxygens (including phenoxy) is 1. The molecule has 8 heteroatoms. The van der Waals surface area contributed by atoms with Gasteiger partial charge in [-0.15, -0.1) is 0 Å². The van der Waals surface area contributed by atoms with Crippen LogP contribution in [0.3, 0.4) is 0 Å². The predicted molar refractivity (Wildman–Crippen MR) is 113 cm³/mol. The molecule has 0 saturated heterocycles. The molecule has 29 heavy (non-hydrogen) atoms. The standard InChI is InChI=1S/C21H17ClN2O4S/c1-13-7-9-15(12-17(13)22)29(26,27)23-14-8-10-19-16(11-14)21(25)24(2)18-5-3-4-6-20(18)28-19/h3-12,23H,1-2H3. The summed E-state index contributed by atoms with van der Waals surface area (Å²) in [5.74, 6) is 0.599. The number of hydrogen-bond donors (Lipinski definition) is 1. The van der Waals surface area contributed by atoms with Gasteiger partial charge in [0.2, 0.25) is 0 Å². The first-order chi connectivity index (χ1) is 13.8. The third-order valence-corrected chi connectivity index (χ3v) is 6.45. The fourth-order valence-corrected chi connectivity index (χ4v) is 4.35. The first kappa shape index (κ1) is 19.3. The number of rotatable bonds is 3. The number of benzene rings is 3. The van der Waals surface area contributed by atoms with E-state index in [-0.39, 0.29) is 22.1 Å². The summed E-state index contributed by atoms with van der Waals surface area (Å²) < 4.78 is 33.8. The molecule has 0 bridgehead atoms. The second kappa shape index (κ2) is 7.09. The smallest absolute Gasteiger partial charge is 0.261 e. The van der Waals surface area contributed by atoms with Gasteiger partial charge in [0, 0.05) is 17.8 Å². The Morgan fingerprint density at radius 3 is 2.52 bits per heavy atom. The maximum absolute atomic E-state index is 12.9. The van der Waals surface area contributed by atoms with E-state index in [0.29, 0.717) is 22.2 Å². The minimum atomic E-state index is -3.87. The van der Waals surface area contributed by atoms with E-state index >= 15 is 0 Å². The van der Waals surface area contributed by atoms with Crippen LogP contribution in [0.1, 0.15) is 15.9 Å². The van der Waals surface area contributed by atoms with E-state index in [4.69, 9.17) is 16.3 Å². The summed E-state index contributed by atoms with van der Waals surface area (Å²) in [6.45, 7) is 1.79. The molecule has 0 unspecified atom stereocenters. The maximum Gasteiger partial charge on any atom is 0.261 e. The lowest BCUT2D eigenvalue weighted by Gasteiger charge is -2.16. The molecule has 6 nitrogen and oxygen atoms in total. The average molecular weight is 429 g/mol. The molecular formula is C21H17ClN2O4S. The molecule has 1 amide bonds. The molecule has 3 aromatic carbocycles. The summed E-state index contributed by atoms with van der Waals surface area (Å²) in [5, 5.41) is 0.359. The Hall–Kier alpha value is -3.03. The summed E-state index contributed by atoms with van der Waals surface area (Å²) in [6.07, 6.45) is 0. The second-order valence-electron chi connectivity index (χ2n) is 6.66. The van der Waals surface area contributed by atoms with Crippen molar-refractivity contribution in [2.24, 2.45) is 0 Å². The normalized spacial score (nSPS) is 13.2. The summed E-state index contributed by atoms with van der Waals surface area (Å²) >= 11 is 6.06. The number of nitrogens with one attached hydrogen (secondary N) is 1. The van der Waals surface area contributed by atoms with Gasteiger partial charge in [0.15, 0.2) is 5.75 Å². The minimum Gasteiger partial charge on any atom is -0.454 e. The highest BCUT2D eigenvalue weighted by molar-refractivity contribution is 7.92. The Labute approximate surface area is 173 Å². The van der Waals surface area contributed by atoms with Crippen LogP contribution in [0.15, 0.2) is 65.6 Å². The van der Waals surface area contributed by atoms with Gasteiger partial charge >= 0.3 is 0 Å². The topological polar surface area (TPSA) is 75.7 Å². The third-order valence-electron chi connectivity index (χ3n) is 4.67. The maximum atomic E-state index is 12.9. The third kappa shape index (κ3) is 3.54. The Balaban J connectivity index is 1.70. The first-order valence-corrected chi connectivity index (χ1v) is 10.6. The Bertz CT molecular complexity index is 1240. The van der Waals surface area contributed by atoms with E-state index < -0.39 is 10.0 Å². The van der Waals surface area contributed by atoms with Crippen molar-refractivity contribution in [3.8, 4) is 11.5 Å². The first-order valence-electron chi connectivity index (χ1n) is 8.74. The number of nitrogens with zero attached hydrogens (tertiary/aromatic N) is 1. The Kier molecular flexibility index (Phi) is 4.72. The van der Waals surface area contributed by atoms with E-state index in [0.717, 1.165) is 5.56 Å². The highest BCUT2D eigenvalue weighted by Gasteiger charge is 2.26. The summed E-state index contributed by atoms with van der Waals surface area (Å²) in [5.41, 5.74) is 1.91. The van der Waals surface area contributed by atoms with Gasteiger partial charge in [0.1, 0.15) is 5.75 Å². The molecule has 0 aromatic heterocycles. The van der Waals surface area contributed by atoms with Gasteiger partial charge in [0.25, 0.3) is 15.9 Å². The Morgan fingerprint density at radius 2 is 1.76 bits per heavy atom. The van der Waals surface area contributed by atoms with Crippen molar-refractivity contribution < 1.29 is 17.9 Å². The molecule has 1 aliphatic rings. The lowest BCUT2D eigenvalue weighted by Crippen LogP contribution is -2.25. The van der Waals surface area contributed by atoms with Crippen LogP contribution in [-0.2, 0) is 10.0 Å². The van der Waals surface area contributed by atoms with Crippen LogP contribution < -0.4 is 14.4 Å². The fraction of sp³-hybridized carbons (Fsp3) is 0.0952. The number of anilines is 2. The average Bonchev–Trinajstić information content (AvgIpc) is 2.79. The molecule has 1 heterocycles. The van der Waals surface area contributed by atoms with Gasteiger partial charge in [-0.2, -0.15) is 0 Å². The zero-order chi connectivity index (χ0) is 20.8. The number of hydrogen-bond acceptors (Lipinski definition) is 4. The van der Waals surface area contributed by atoms with Gasteiger partial charge < -0.3 is 9.64 Å². The van der Waals surface area contributed by atoms with Gasteiger partial charge in [-0.3, -0.25) is 9.52 Å². The fourth-order valence-electron chi connectivity index (χ4n) is 3.03. The van der Waals surface area contributed by atoms with Gasteiger partial charge in [0.05, 0.1) is 16.1 Å². The number of para-hydroxylation sites is 2. The number of sulfonamides is 1. The van der Waals surface area contributed by atoms with Crippen molar-refractivity contribution in [3.63, 3.8) is 0 Å². The number of carbonyl (C=O) groups is 1. The molecular weight excluding hydrogens is 412 g/mol. The van der Waals surface area contributed by atoms with Crippen LogP contribution in [0.25, 0.3) is 0 Å². The summed E-state index contributed by atoms with van der Waals surface area (Å²) in [6, 6.07) is 16.3. The lowest BCUT2D eigenvalue weighted by atomic mass is 10.1. The van der Waals surface area contributed by atoms with E-state index in [9.17, 15) is 13.2 Å². The van der Waals surface area contributed by atoms with E-state index in [1.54, 1.807) is 44.3 Å². The van der Waals surface area contributed by atoms with Gasteiger partial charge in [-0.1, -0.05) is 29.8 Å². The van der Waals surface area contributed by atoms with Crippen molar-refractivity contribution in [3.05, 3.63) is 76.8 Å². The molecule has 1 N–H and O–H groups in total. The molecule has 4 rings (SSSR count). The van der Waals surface area contributed by atoms with Crippen LogP contribution in [-0.4, -0.2) is 21.4 Å².